The molecule has 1 heterocycles. The first kappa shape index (κ1) is 14.1. The molecule has 0 N–H and O–H groups in total. The molecule has 0 saturated carbocycles. The van der Waals surface area contributed by atoms with E-state index in [2.05, 4.69) is 48.8 Å². The van der Waals surface area contributed by atoms with E-state index < -0.39 is 0 Å². The van der Waals surface area contributed by atoms with Gasteiger partial charge in [0, 0.05) is 6.42 Å². The van der Waals surface area contributed by atoms with E-state index in [1.807, 2.05) is 12.1 Å². The highest BCUT2D eigenvalue weighted by atomic mass is 79.9. The Hall–Kier alpha value is -1.35. The Morgan fingerprint density at radius 2 is 1.79 bits per heavy atom. The molecule has 0 aliphatic heterocycles. The van der Waals surface area contributed by atoms with Crippen molar-refractivity contribution in [2.24, 2.45) is 0 Å². The van der Waals surface area contributed by atoms with Crippen LogP contribution in [-0.2, 0) is 11.8 Å². The molecular formula is C16H17BrO2. The molecule has 2 rings (SSSR count). The van der Waals surface area contributed by atoms with Gasteiger partial charge in [-0.3, -0.25) is 4.79 Å². The van der Waals surface area contributed by atoms with Crippen LogP contribution in [0.15, 0.2) is 45.7 Å². The van der Waals surface area contributed by atoms with Gasteiger partial charge in [0.2, 0.25) is 0 Å². The van der Waals surface area contributed by atoms with Crippen LogP contribution < -0.4 is 0 Å². The fourth-order valence-electron chi connectivity index (χ4n) is 1.90. The van der Waals surface area contributed by atoms with Gasteiger partial charge < -0.3 is 4.42 Å². The maximum absolute atomic E-state index is 12.1. The molecule has 0 amide bonds. The van der Waals surface area contributed by atoms with Crippen molar-refractivity contribution < 1.29 is 9.21 Å². The smallest absolute Gasteiger partial charge is 0.179 e. The van der Waals surface area contributed by atoms with Crippen molar-refractivity contribution in [2.75, 3.05) is 0 Å². The molecule has 19 heavy (non-hydrogen) atoms. The zero-order valence-corrected chi connectivity index (χ0v) is 13.0. The SMILES string of the molecule is CC(C)(C)c1ccc(CC(=O)c2ccoc2Br)cc1. The summed E-state index contributed by atoms with van der Waals surface area (Å²) < 4.78 is 5.59. The first-order valence-corrected chi connectivity index (χ1v) is 7.03. The fraction of sp³-hybridized carbons (Fsp3) is 0.312. The van der Waals surface area contributed by atoms with Gasteiger partial charge in [-0.2, -0.15) is 0 Å². The molecule has 100 valence electrons. The van der Waals surface area contributed by atoms with Gasteiger partial charge in [-0.1, -0.05) is 45.0 Å². The van der Waals surface area contributed by atoms with Gasteiger partial charge in [0.15, 0.2) is 10.5 Å². The largest absolute Gasteiger partial charge is 0.457 e. The lowest BCUT2D eigenvalue weighted by molar-refractivity contribution is 0.0991. The predicted molar refractivity (Wildman–Crippen MR) is 79.6 cm³/mol. The molecule has 1 aromatic heterocycles. The number of ketones is 1. The van der Waals surface area contributed by atoms with Crippen molar-refractivity contribution >= 4 is 21.7 Å². The lowest BCUT2D eigenvalue weighted by atomic mass is 9.86. The second-order valence-electron chi connectivity index (χ2n) is 5.65. The summed E-state index contributed by atoms with van der Waals surface area (Å²) in [4.78, 5) is 12.1. The van der Waals surface area contributed by atoms with Crippen LogP contribution in [0.2, 0.25) is 0 Å². The average molecular weight is 321 g/mol. The van der Waals surface area contributed by atoms with Gasteiger partial charge in [0.05, 0.1) is 11.8 Å². The Morgan fingerprint density at radius 1 is 1.16 bits per heavy atom. The summed E-state index contributed by atoms with van der Waals surface area (Å²) in [6, 6.07) is 9.91. The van der Waals surface area contributed by atoms with Crippen molar-refractivity contribution in [3.8, 4) is 0 Å². The van der Waals surface area contributed by atoms with E-state index in [1.54, 1.807) is 6.07 Å². The van der Waals surface area contributed by atoms with Crippen LogP contribution in [0.1, 0.15) is 42.3 Å². The summed E-state index contributed by atoms with van der Waals surface area (Å²) in [6.45, 7) is 6.53. The highest BCUT2D eigenvalue weighted by Crippen LogP contribution is 2.23. The number of hydrogen-bond acceptors (Lipinski definition) is 2. The first-order valence-electron chi connectivity index (χ1n) is 6.23. The third-order valence-electron chi connectivity index (χ3n) is 3.10. The lowest BCUT2D eigenvalue weighted by Gasteiger charge is -2.19. The maximum Gasteiger partial charge on any atom is 0.179 e. The van der Waals surface area contributed by atoms with E-state index in [4.69, 9.17) is 4.42 Å². The van der Waals surface area contributed by atoms with Crippen LogP contribution in [0.3, 0.4) is 0 Å². The Kier molecular flexibility index (Phi) is 3.95. The third kappa shape index (κ3) is 3.35. The number of halogens is 1. The molecule has 1 aromatic carbocycles. The third-order valence-corrected chi connectivity index (χ3v) is 3.72. The van der Waals surface area contributed by atoms with Crippen LogP contribution in [0.4, 0.5) is 0 Å². The molecule has 0 aliphatic rings. The first-order chi connectivity index (χ1) is 8.88. The van der Waals surface area contributed by atoms with Gasteiger partial charge in [-0.05, 0) is 38.5 Å². The number of furan rings is 1. The molecule has 0 fully saturated rings. The van der Waals surface area contributed by atoms with Crippen molar-refractivity contribution in [3.63, 3.8) is 0 Å². The maximum atomic E-state index is 12.1. The number of rotatable bonds is 3. The van der Waals surface area contributed by atoms with E-state index in [1.165, 1.54) is 11.8 Å². The zero-order chi connectivity index (χ0) is 14.0. The molecular weight excluding hydrogens is 304 g/mol. The van der Waals surface area contributed by atoms with E-state index in [9.17, 15) is 4.79 Å². The summed E-state index contributed by atoms with van der Waals surface area (Å²) in [5.74, 6) is 0.0594. The van der Waals surface area contributed by atoms with Crippen LogP contribution in [0, 0.1) is 0 Å². The number of hydrogen-bond donors (Lipinski definition) is 0. The molecule has 3 heteroatoms. The molecule has 0 radical (unpaired) electrons. The Balaban J connectivity index is 2.12. The number of benzene rings is 1. The lowest BCUT2D eigenvalue weighted by Crippen LogP contribution is -2.11. The molecule has 0 atom stereocenters. The molecule has 2 nitrogen and oxygen atoms in total. The molecule has 0 unspecified atom stereocenters. The Morgan fingerprint density at radius 3 is 2.26 bits per heavy atom. The van der Waals surface area contributed by atoms with Crippen LogP contribution in [-0.4, -0.2) is 5.78 Å². The van der Waals surface area contributed by atoms with Crippen molar-refractivity contribution in [2.45, 2.75) is 32.6 Å². The minimum atomic E-state index is 0.0594. The number of carbonyl (C=O) groups excluding carboxylic acids is 1. The second-order valence-corrected chi connectivity index (χ2v) is 6.38. The quantitative estimate of drug-likeness (QED) is 0.763. The van der Waals surface area contributed by atoms with Crippen LogP contribution in [0.5, 0.6) is 0 Å². The number of Topliss-reactive ketones (excluding diaryl/α,β-unsaturated/α-hetero) is 1. The van der Waals surface area contributed by atoms with Crippen LogP contribution in [0.25, 0.3) is 0 Å². The van der Waals surface area contributed by atoms with E-state index in [-0.39, 0.29) is 11.2 Å². The number of carbonyl (C=O) groups is 1. The second kappa shape index (κ2) is 5.33. The monoisotopic (exact) mass is 320 g/mol. The highest BCUT2D eigenvalue weighted by Gasteiger charge is 2.15. The van der Waals surface area contributed by atoms with E-state index in [0.717, 1.165) is 5.56 Å². The van der Waals surface area contributed by atoms with Gasteiger partial charge >= 0.3 is 0 Å². The van der Waals surface area contributed by atoms with Gasteiger partial charge in [-0.15, -0.1) is 0 Å². The zero-order valence-electron chi connectivity index (χ0n) is 11.4. The fourth-order valence-corrected chi connectivity index (χ4v) is 2.36. The molecule has 0 aliphatic carbocycles. The summed E-state index contributed by atoms with van der Waals surface area (Å²) in [5, 5.41) is 0. The molecule has 0 spiro atoms. The highest BCUT2D eigenvalue weighted by molar-refractivity contribution is 9.10. The van der Waals surface area contributed by atoms with E-state index in [0.29, 0.717) is 16.7 Å². The topological polar surface area (TPSA) is 30.2 Å². The summed E-state index contributed by atoms with van der Waals surface area (Å²) in [7, 11) is 0. The Labute approximate surface area is 122 Å². The van der Waals surface area contributed by atoms with Gasteiger partial charge in [0.1, 0.15) is 0 Å². The minimum absolute atomic E-state index is 0.0594. The van der Waals surface area contributed by atoms with Gasteiger partial charge in [0.25, 0.3) is 0 Å². The summed E-state index contributed by atoms with van der Waals surface area (Å²) >= 11 is 3.23. The summed E-state index contributed by atoms with van der Waals surface area (Å²) in [6.07, 6.45) is 1.91. The summed E-state index contributed by atoms with van der Waals surface area (Å²) in [5.41, 5.74) is 3.02. The average Bonchev–Trinajstić information content (AvgIpc) is 2.75. The van der Waals surface area contributed by atoms with E-state index >= 15 is 0 Å². The Bertz CT molecular complexity index is 574. The normalized spacial score (nSPS) is 11.6. The van der Waals surface area contributed by atoms with Crippen molar-refractivity contribution in [1.29, 1.82) is 0 Å². The molecule has 2 aromatic rings. The predicted octanol–water partition coefficient (Wildman–Crippen LogP) is 4.77. The van der Waals surface area contributed by atoms with Crippen molar-refractivity contribution in [3.05, 3.63) is 58.0 Å². The standard InChI is InChI=1S/C16H17BrO2/c1-16(2,3)12-6-4-11(5-7-12)10-14(18)13-8-9-19-15(13)17/h4-9H,10H2,1-3H3. The minimum Gasteiger partial charge on any atom is -0.457 e. The molecule has 0 bridgehead atoms. The van der Waals surface area contributed by atoms with Crippen molar-refractivity contribution in [1.82, 2.24) is 0 Å². The van der Waals surface area contributed by atoms with Crippen LogP contribution >= 0.6 is 15.9 Å². The van der Waals surface area contributed by atoms with Gasteiger partial charge in [-0.25, -0.2) is 0 Å². The molecule has 0 saturated heterocycles.